The van der Waals surface area contributed by atoms with E-state index in [-0.39, 0.29) is 24.2 Å². The monoisotopic (exact) mass is 434 g/mol. The third-order valence-corrected chi connectivity index (χ3v) is 5.52. The van der Waals surface area contributed by atoms with Crippen molar-refractivity contribution in [2.24, 2.45) is 5.92 Å². The molecule has 3 aromatic rings. The minimum atomic E-state index is -0.367. The summed E-state index contributed by atoms with van der Waals surface area (Å²) in [4.78, 5) is 26.7. The van der Waals surface area contributed by atoms with Crippen molar-refractivity contribution >= 4 is 29.1 Å². The van der Waals surface area contributed by atoms with Gasteiger partial charge in [0.15, 0.2) is 0 Å². The summed E-state index contributed by atoms with van der Waals surface area (Å²) in [6.07, 6.45) is 0.207. The molecule has 1 saturated heterocycles. The lowest BCUT2D eigenvalue weighted by Crippen LogP contribution is -2.32. The van der Waals surface area contributed by atoms with Crippen molar-refractivity contribution in [3.8, 4) is 5.75 Å². The van der Waals surface area contributed by atoms with E-state index < -0.39 is 0 Å². The third-order valence-electron chi connectivity index (χ3n) is 5.27. The Morgan fingerprint density at radius 1 is 0.968 bits per heavy atom. The van der Waals surface area contributed by atoms with Crippen LogP contribution in [0.15, 0.2) is 78.9 Å². The molecule has 0 aliphatic carbocycles. The van der Waals surface area contributed by atoms with E-state index in [1.54, 1.807) is 17.0 Å². The maximum Gasteiger partial charge on any atom is 0.227 e. The summed E-state index contributed by atoms with van der Waals surface area (Å²) < 4.78 is 5.80. The predicted octanol–water partition coefficient (Wildman–Crippen LogP) is 4.59. The molecular weight excluding hydrogens is 412 g/mol. The van der Waals surface area contributed by atoms with Crippen LogP contribution in [0.5, 0.6) is 5.75 Å². The summed E-state index contributed by atoms with van der Waals surface area (Å²) in [6, 6.07) is 24.7. The molecular formula is C25H23ClN2O3. The molecule has 1 aliphatic heterocycles. The molecule has 31 heavy (non-hydrogen) atoms. The van der Waals surface area contributed by atoms with Crippen LogP contribution in [0.1, 0.15) is 17.5 Å². The second-order valence-electron chi connectivity index (χ2n) is 7.52. The smallest absolute Gasteiger partial charge is 0.227 e. The zero-order valence-electron chi connectivity index (χ0n) is 17.0. The van der Waals surface area contributed by atoms with Crippen LogP contribution in [-0.4, -0.2) is 18.4 Å². The molecule has 1 heterocycles. The van der Waals surface area contributed by atoms with E-state index in [0.29, 0.717) is 24.7 Å². The molecule has 0 aromatic heterocycles. The van der Waals surface area contributed by atoms with Crippen LogP contribution < -0.4 is 15.0 Å². The van der Waals surface area contributed by atoms with Gasteiger partial charge in [-0.3, -0.25) is 9.59 Å². The summed E-state index contributed by atoms with van der Waals surface area (Å²) in [5.74, 6) is 0.198. The zero-order valence-corrected chi connectivity index (χ0v) is 17.7. The average Bonchev–Trinajstić information content (AvgIpc) is 3.20. The minimum absolute atomic E-state index is 0.0513. The second kappa shape index (κ2) is 9.67. The first-order valence-electron chi connectivity index (χ1n) is 10.2. The minimum Gasteiger partial charge on any atom is -0.489 e. The number of hydrogen-bond donors (Lipinski definition) is 1. The molecule has 1 fully saturated rings. The van der Waals surface area contributed by atoms with Gasteiger partial charge in [0, 0.05) is 30.2 Å². The van der Waals surface area contributed by atoms with Crippen LogP contribution in [0.2, 0.25) is 5.02 Å². The highest BCUT2D eigenvalue weighted by molar-refractivity contribution is 6.30. The Morgan fingerprint density at radius 2 is 1.68 bits per heavy atom. The van der Waals surface area contributed by atoms with Gasteiger partial charge < -0.3 is 15.0 Å². The van der Waals surface area contributed by atoms with E-state index in [9.17, 15) is 9.59 Å². The van der Waals surface area contributed by atoms with Gasteiger partial charge in [-0.05, 0) is 47.5 Å². The fourth-order valence-corrected chi connectivity index (χ4v) is 3.66. The summed E-state index contributed by atoms with van der Waals surface area (Å²) in [6.45, 7) is 1.27. The van der Waals surface area contributed by atoms with Crippen molar-refractivity contribution in [2.75, 3.05) is 11.4 Å². The van der Waals surface area contributed by atoms with Gasteiger partial charge in [0.05, 0.1) is 5.92 Å². The van der Waals surface area contributed by atoms with Gasteiger partial charge in [-0.15, -0.1) is 0 Å². The van der Waals surface area contributed by atoms with Gasteiger partial charge in [0.1, 0.15) is 12.4 Å². The summed E-state index contributed by atoms with van der Waals surface area (Å²) >= 11 is 5.89. The number of carbonyl (C=O) groups excluding carboxylic acids is 2. The highest BCUT2D eigenvalue weighted by Crippen LogP contribution is 2.27. The highest BCUT2D eigenvalue weighted by atomic mass is 35.5. The molecule has 0 radical (unpaired) electrons. The first-order chi connectivity index (χ1) is 15.1. The van der Waals surface area contributed by atoms with E-state index in [2.05, 4.69) is 5.32 Å². The molecule has 0 bridgehead atoms. The Morgan fingerprint density at radius 3 is 2.39 bits per heavy atom. The predicted molar refractivity (Wildman–Crippen MR) is 121 cm³/mol. The number of nitrogens with zero attached hydrogens (tertiary/aromatic N) is 1. The molecule has 0 saturated carbocycles. The lowest BCUT2D eigenvalue weighted by molar-refractivity contribution is -0.126. The van der Waals surface area contributed by atoms with Crippen LogP contribution in [0.3, 0.4) is 0 Å². The normalized spacial score (nSPS) is 15.7. The maximum atomic E-state index is 12.5. The molecule has 1 N–H and O–H groups in total. The highest BCUT2D eigenvalue weighted by Gasteiger charge is 2.35. The van der Waals surface area contributed by atoms with Crippen LogP contribution in [0.4, 0.5) is 5.69 Å². The standard InChI is InChI=1S/C25H23ClN2O3/c26-21-8-6-18(7-9-21)15-27-25(30)20-14-24(29)28(16-20)22-10-12-23(13-11-22)31-17-19-4-2-1-3-5-19/h1-13,20H,14-17H2,(H,27,30)/t20-/m1/s1. The van der Waals surface area contributed by atoms with Crippen LogP contribution in [0, 0.1) is 5.92 Å². The van der Waals surface area contributed by atoms with E-state index in [1.807, 2.05) is 66.7 Å². The first kappa shape index (κ1) is 20.9. The number of nitrogens with one attached hydrogen (secondary N) is 1. The molecule has 3 aromatic carbocycles. The number of benzene rings is 3. The van der Waals surface area contributed by atoms with Crippen LogP contribution in [-0.2, 0) is 22.7 Å². The van der Waals surface area contributed by atoms with E-state index in [0.717, 1.165) is 22.6 Å². The van der Waals surface area contributed by atoms with Crippen molar-refractivity contribution in [2.45, 2.75) is 19.6 Å². The van der Waals surface area contributed by atoms with Crippen LogP contribution in [0.25, 0.3) is 0 Å². The largest absolute Gasteiger partial charge is 0.489 e. The lowest BCUT2D eigenvalue weighted by atomic mass is 10.1. The van der Waals surface area contributed by atoms with Crippen LogP contribution >= 0.6 is 11.6 Å². The molecule has 158 valence electrons. The summed E-state index contributed by atoms with van der Waals surface area (Å²) in [5, 5.41) is 3.57. The lowest BCUT2D eigenvalue weighted by Gasteiger charge is -2.17. The summed E-state index contributed by atoms with van der Waals surface area (Å²) in [5.41, 5.74) is 2.82. The Bertz CT molecular complexity index is 1040. The molecule has 6 heteroatoms. The van der Waals surface area contributed by atoms with Gasteiger partial charge in [-0.25, -0.2) is 0 Å². The molecule has 0 unspecified atom stereocenters. The number of carbonyl (C=O) groups is 2. The molecule has 1 aliphatic rings. The van der Waals surface area contributed by atoms with Crippen molar-refractivity contribution < 1.29 is 14.3 Å². The van der Waals surface area contributed by atoms with E-state index in [4.69, 9.17) is 16.3 Å². The first-order valence-corrected chi connectivity index (χ1v) is 10.6. The number of anilines is 1. The Hall–Kier alpha value is -3.31. The number of amides is 2. The van der Waals surface area contributed by atoms with E-state index >= 15 is 0 Å². The fraction of sp³-hybridized carbons (Fsp3) is 0.200. The van der Waals surface area contributed by atoms with Crippen molar-refractivity contribution in [3.63, 3.8) is 0 Å². The quantitative estimate of drug-likeness (QED) is 0.591. The number of ether oxygens (including phenoxy) is 1. The van der Waals surface area contributed by atoms with E-state index in [1.165, 1.54) is 0 Å². The third kappa shape index (κ3) is 5.44. The maximum absolute atomic E-state index is 12.5. The molecule has 2 amide bonds. The van der Waals surface area contributed by atoms with Gasteiger partial charge in [-0.1, -0.05) is 54.1 Å². The van der Waals surface area contributed by atoms with Crippen molar-refractivity contribution in [3.05, 3.63) is 95.0 Å². The summed E-state index contributed by atoms with van der Waals surface area (Å²) in [7, 11) is 0. The topological polar surface area (TPSA) is 58.6 Å². The molecule has 0 spiro atoms. The number of halogens is 1. The van der Waals surface area contributed by atoms with Crippen molar-refractivity contribution in [1.29, 1.82) is 0 Å². The number of rotatable bonds is 7. The SMILES string of the molecule is O=C(NCc1ccc(Cl)cc1)[C@@H]1CC(=O)N(c2ccc(OCc3ccccc3)cc2)C1. The van der Waals surface area contributed by atoms with Crippen molar-refractivity contribution in [1.82, 2.24) is 5.32 Å². The number of hydrogen-bond acceptors (Lipinski definition) is 3. The van der Waals surface area contributed by atoms with Gasteiger partial charge in [0.25, 0.3) is 0 Å². The second-order valence-corrected chi connectivity index (χ2v) is 7.95. The Balaban J connectivity index is 1.31. The molecule has 1 atom stereocenters. The van der Waals surface area contributed by atoms with Gasteiger partial charge in [0.2, 0.25) is 11.8 Å². The average molecular weight is 435 g/mol. The Kier molecular flexibility index (Phi) is 6.53. The Labute approximate surface area is 186 Å². The molecule has 4 rings (SSSR count). The van der Waals surface area contributed by atoms with Gasteiger partial charge in [-0.2, -0.15) is 0 Å². The zero-order chi connectivity index (χ0) is 21.6. The van der Waals surface area contributed by atoms with Gasteiger partial charge >= 0.3 is 0 Å². The fourth-order valence-electron chi connectivity index (χ4n) is 3.53. The molecule has 5 nitrogen and oxygen atoms in total.